The smallest absolute Gasteiger partial charge is 0.262 e. The van der Waals surface area contributed by atoms with Gasteiger partial charge in [-0.05, 0) is 88.4 Å². The number of anilines is 1. The van der Waals surface area contributed by atoms with Crippen LogP contribution >= 0.6 is 0 Å². The highest BCUT2D eigenvalue weighted by atomic mass is 32.2. The van der Waals surface area contributed by atoms with Crippen LogP contribution in [-0.4, -0.2) is 44.5 Å². The summed E-state index contributed by atoms with van der Waals surface area (Å²) in [6, 6.07) is 6.77. The fourth-order valence-electron chi connectivity index (χ4n) is 4.34. The zero-order valence-corrected chi connectivity index (χ0v) is 20.2. The number of morpholine rings is 1. The molecule has 31 heavy (non-hydrogen) atoms. The minimum atomic E-state index is -3.89. The molecule has 3 rings (SSSR count). The maximum absolute atomic E-state index is 13.5. The number of para-hydroxylation sites is 1. The van der Waals surface area contributed by atoms with Gasteiger partial charge in [-0.2, -0.15) is 0 Å². The summed E-state index contributed by atoms with van der Waals surface area (Å²) in [7, 11) is -3.89. The number of amides is 1. The summed E-state index contributed by atoms with van der Waals surface area (Å²) in [5, 5.41) is 0. The lowest BCUT2D eigenvalue weighted by atomic mass is 9.95. The molecule has 0 aliphatic carbocycles. The van der Waals surface area contributed by atoms with Crippen molar-refractivity contribution in [1.82, 2.24) is 4.90 Å². The van der Waals surface area contributed by atoms with E-state index < -0.39 is 10.0 Å². The summed E-state index contributed by atoms with van der Waals surface area (Å²) >= 11 is 0. The monoisotopic (exact) mass is 444 g/mol. The van der Waals surface area contributed by atoms with Crippen LogP contribution in [0.3, 0.4) is 0 Å². The van der Waals surface area contributed by atoms with Crippen molar-refractivity contribution in [3.8, 4) is 0 Å². The largest absolute Gasteiger partial charge is 0.372 e. The maximum Gasteiger partial charge on any atom is 0.262 e. The third-order valence-corrected chi connectivity index (χ3v) is 7.95. The molecule has 0 saturated carbocycles. The van der Waals surface area contributed by atoms with Crippen LogP contribution in [0, 0.1) is 34.6 Å². The highest BCUT2D eigenvalue weighted by molar-refractivity contribution is 7.92. The van der Waals surface area contributed by atoms with Crippen molar-refractivity contribution in [1.29, 1.82) is 0 Å². The first-order valence-corrected chi connectivity index (χ1v) is 12.1. The van der Waals surface area contributed by atoms with Crippen molar-refractivity contribution < 1.29 is 17.9 Å². The number of hydrogen-bond donors (Lipinski definition) is 1. The number of benzene rings is 2. The van der Waals surface area contributed by atoms with Gasteiger partial charge in [-0.3, -0.25) is 9.52 Å². The third kappa shape index (κ3) is 4.48. The SMILES string of the molecule is Cc1c(C)c(C)c(S(=O)(=O)Nc2ccccc2C(=O)N2CC(C)OC(C)C2)c(C)c1C. The second-order valence-corrected chi connectivity index (χ2v) is 10.2. The molecule has 2 aromatic rings. The second kappa shape index (κ2) is 8.63. The van der Waals surface area contributed by atoms with Crippen LogP contribution in [0.4, 0.5) is 5.69 Å². The minimum absolute atomic E-state index is 0.0691. The Balaban J connectivity index is 2.01. The molecule has 2 atom stereocenters. The molecule has 1 heterocycles. The summed E-state index contributed by atoms with van der Waals surface area (Å²) in [5.41, 5.74) is 5.10. The highest BCUT2D eigenvalue weighted by Crippen LogP contribution is 2.31. The lowest BCUT2D eigenvalue weighted by molar-refractivity contribution is -0.0585. The number of hydrogen-bond acceptors (Lipinski definition) is 4. The molecule has 0 bridgehead atoms. The Morgan fingerprint density at radius 2 is 1.39 bits per heavy atom. The summed E-state index contributed by atoms with van der Waals surface area (Å²) in [6.45, 7) is 14.3. The van der Waals surface area contributed by atoms with E-state index in [1.54, 1.807) is 29.2 Å². The average Bonchev–Trinajstić information content (AvgIpc) is 2.69. The fourth-order valence-corrected chi connectivity index (χ4v) is 6.02. The van der Waals surface area contributed by atoms with Crippen LogP contribution in [0.25, 0.3) is 0 Å². The zero-order valence-electron chi connectivity index (χ0n) is 19.4. The standard InChI is InChI=1S/C24H32N2O4S/c1-14-12-26(13-15(2)30-14)24(27)21-10-8-9-11-22(21)25-31(28,29)23-19(6)17(4)16(3)18(5)20(23)7/h8-11,14-15,25H,12-13H2,1-7H3. The molecule has 1 saturated heterocycles. The quantitative estimate of drug-likeness (QED) is 0.764. The summed E-state index contributed by atoms with van der Waals surface area (Å²) in [5.74, 6) is -0.204. The van der Waals surface area contributed by atoms with Gasteiger partial charge >= 0.3 is 0 Å². The molecule has 2 aromatic carbocycles. The number of rotatable bonds is 4. The van der Waals surface area contributed by atoms with E-state index in [2.05, 4.69) is 4.72 Å². The zero-order chi connectivity index (χ0) is 23.1. The van der Waals surface area contributed by atoms with Crippen LogP contribution < -0.4 is 4.72 Å². The van der Waals surface area contributed by atoms with E-state index in [-0.39, 0.29) is 28.7 Å². The molecule has 1 aliphatic rings. The topological polar surface area (TPSA) is 75.7 Å². The Morgan fingerprint density at radius 3 is 1.94 bits per heavy atom. The van der Waals surface area contributed by atoms with Gasteiger partial charge in [-0.15, -0.1) is 0 Å². The number of sulfonamides is 1. The van der Waals surface area contributed by atoms with Crippen molar-refractivity contribution in [3.05, 3.63) is 57.6 Å². The van der Waals surface area contributed by atoms with Gasteiger partial charge in [-0.25, -0.2) is 8.42 Å². The Hall–Kier alpha value is -2.38. The molecule has 168 valence electrons. The number of carbonyl (C=O) groups is 1. The number of carbonyl (C=O) groups excluding carboxylic acids is 1. The molecule has 0 radical (unpaired) electrons. The second-order valence-electron chi connectivity index (χ2n) is 8.57. The number of nitrogens with one attached hydrogen (secondary N) is 1. The normalized spacial score (nSPS) is 19.4. The van der Waals surface area contributed by atoms with Gasteiger partial charge in [0.05, 0.1) is 28.4 Å². The van der Waals surface area contributed by atoms with E-state index in [0.717, 1.165) is 27.8 Å². The Kier molecular flexibility index (Phi) is 6.48. The van der Waals surface area contributed by atoms with Crippen molar-refractivity contribution in [2.24, 2.45) is 0 Å². The van der Waals surface area contributed by atoms with E-state index in [1.165, 1.54) is 0 Å². The molecule has 6 nitrogen and oxygen atoms in total. The van der Waals surface area contributed by atoms with Crippen molar-refractivity contribution >= 4 is 21.6 Å². The van der Waals surface area contributed by atoms with Gasteiger partial charge in [-0.1, -0.05) is 12.1 Å². The first-order chi connectivity index (χ1) is 14.4. The molecule has 1 aliphatic heterocycles. The van der Waals surface area contributed by atoms with Crippen molar-refractivity contribution in [2.45, 2.75) is 65.6 Å². The lowest BCUT2D eigenvalue weighted by Gasteiger charge is -2.35. The molecule has 0 spiro atoms. The van der Waals surface area contributed by atoms with Gasteiger partial charge < -0.3 is 9.64 Å². The van der Waals surface area contributed by atoms with Crippen LogP contribution in [-0.2, 0) is 14.8 Å². The molecule has 7 heteroatoms. The minimum Gasteiger partial charge on any atom is -0.372 e. The predicted octanol–water partition coefficient (Wildman–Crippen LogP) is 4.28. The van der Waals surface area contributed by atoms with Gasteiger partial charge in [0.1, 0.15) is 0 Å². The van der Waals surface area contributed by atoms with Gasteiger partial charge in [0, 0.05) is 13.1 Å². The molecule has 0 aromatic heterocycles. The molecule has 1 fully saturated rings. The van der Waals surface area contributed by atoms with Crippen molar-refractivity contribution in [2.75, 3.05) is 17.8 Å². The number of nitrogens with zero attached hydrogens (tertiary/aromatic N) is 1. The molecule has 1 N–H and O–H groups in total. The Bertz CT molecular complexity index is 1090. The predicted molar refractivity (Wildman–Crippen MR) is 123 cm³/mol. The highest BCUT2D eigenvalue weighted by Gasteiger charge is 2.29. The van der Waals surface area contributed by atoms with Gasteiger partial charge in [0.2, 0.25) is 0 Å². The van der Waals surface area contributed by atoms with Crippen LogP contribution in [0.5, 0.6) is 0 Å². The lowest BCUT2D eigenvalue weighted by Crippen LogP contribution is -2.48. The number of ether oxygens (including phenoxy) is 1. The Morgan fingerprint density at radius 1 is 0.903 bits per heavy atom. The summed E-state index contributed by atoms with van der Waals surface area (Å²) < 4.78 is 35.3. The van der Waals surface area contributed by atoms with Crippen LogP contribution in [0.2, 0.25) is 0 Å². The average molecular weight is 445 g/mol. The van der Waals surface area contributed by atoms with Crippen LogP contribution in [0.15, 0.2) is 29.2 Å². The van der Waals surface area contributed by atoms with Crippen molar-refractivity contribution in [3.63, 3.8) is 0 Å². The van der Waals surface area contributed by atoms with E-state index in [9.17, 15) is 13.2 Å². The molecular weight excluding hydrogens is 412 g/mol. The van der Waals surface area contributed by atoms with Gasteiger partial charge in [0.25, 0.3) is 15.9 Å². The van der Waals surface area contributed by atoms with Gasteiger partial charge in [0.15, 0.2) is 0 Å². The van der Waals surface area contributed by atoms with Crippen LogP contribution in [0.1, 0.15) is 52.0 Å². The summed E-state index contributed by atoms with van der Waals surface area (Å²) in [6.07, 6.45) is -0.138. The third-order valence-electron chi connectivity index (χ3n) is 6.31. The first kappa shape index (κ1) is 23.3. The molecule has 1 amide bonds. The fraction of sp³-hybridized carbons (Fsp3) is 0.458. The van der Waals surface area contributed by atoms with E-state index >= 15 is 0 Å². The Labute approximate surface area is 185 Å². The van der Waals surface area contributed by atoms with E-state index in [1.807, 2.05) is 48.5 Å². The molecule has 2 unspecified atom stereocenters. The van der Waals surface area contributed by atoms with E-state index in [4.69, 9.17) is 4.74 Å². The van der Waals surface area contributed by atoms with E-state index in [0.29, 0.717) is 18.7 Å². The molecular formula is C24H32N2O4S. The first-order valence-electron chi connectivity index (χ1n) is 10.6. The maximum atomic E-state index is 13.5. The summed E-state index contributed by atoms with van der Waals surface area (Å²) in [4.78, 5) is 15.3.